The van der Waals surface area contributed by atoms with E-state index in [1.54, 1.807) is 26.0 Å². The van der Waals surface area contributed by atoms with Gasteiger partial charge in [0.2, 0.25) is 5.96 Å². The van der Waals surface area contributed by atoms with E-state index in [1.807, 2.05) is 0 Å². The Morgan fingerprint density at radius 1 is 1.39 bits per heavy atom. The molecule has 0 fully saturated rings. The van der Waals surface area contributed by atoms with Crippen molar-refractivity contribution in [3.63, 3.8) is 0 Å². The highest BCUT2D eigenvalue weighted by atomic mass is 79.9. The number of esters is 1. The highest BCUT2D eigenvalue weighted by molar-refractivity contribution is 9.10. The van der Waals surface area contributed by atoms with Gasteiger partial charge in [0.15, 0.2) is 17.6 Å². The molecular weight excluding hydrogens is 368 g/mol. The SMILES string of the molecule is CCOC(=O)C(C)Oc1cc(Br)c(C=NN=C(N)N)cc1OC. The van der Waals surface area contributed by atoms with Crippen molar-refractivity contribution in [1.82, 2.24) is 0 Å². The summed E-state index contributed by atoms with van der Waals surface area (Å²) in [5.41, 5.74) is 11.1. The van der Waals surface area contributed by atoms with Gasteiger partial charge in [-0.3, -0.25) is 0 Å². The molecule has 0 heterocycles. The van der Waals surface area contributed by atoms with E-state index >= 15 is 0 Å². The number of halogens is 1. The molecule has 0 bridgehead atoms. The number of benzene rings is 1. The van der Waals surface area contributed by atoms with E-state index in [0.717, 1.165) is 0 Å². The van der Waals surface area contributed by atoms with Crippen LogP contribution in [-0.2, 0) is 9.53 Å². The number of nitrogens with zero attached hydrogens (tertiary/aromatic N) is 2. The lowest BCUT2D eigenvalue weighted by atomic mass is 10.2. The molecule has 0 saturated carbocycles. The van der Waals surface area contributed by atoms with Gasteiger partial charge in [0, 0.05) is 10.0 Å². The molecule has 1 aromatic carbocycles. The smallest absolute Gasteiger partial charge is 0.347 e. The van der Waals surface area contributed by atoms with Gasteiger partial charge >= 0.3 is 5.97 Å². The number of carbonyl (C=O) groups is 1. The monoisotopic (exact) mass is 386 g/mol. The molecule has 0 aliphatic rings. The standard InChI is InChI=1S/C14H19BrN4O4/c1-4-22-13(20)8(2)23-12-6-10(15)9(5-11(12)21-3)7-18-19-14(16)17/h5-8H,4H2,1-3H3,(H4,16,17,19). The second-order valence-electron chi connectivity index (χ2n) is 4.31. The van der Waals surface area contributed by atoms with E-state index in [1.165, 1.54) is 13.3 Å². The number of hydrogen-bond acceptors (Lipinski definition) is 6. The first kappa shape index (κ1) is 18.8. The Balaban J connectivity index is 3.02. The van der Waals surface area contributed by atoms with Crippen LogP contribution in [0.25, 0.3) is 0 Å². The van der Waals surface area contributed by atoms with Crippen molar-refractivity contribution in [3.8, 4) is 11.5 Å². The summed E-state index contributed by atoms with van der Waals surface area (Å²) in [6.07, 6.45) is 0.683. The third kappa shape index (κ3) is 5.78. The first-order chi connectivity index (χ1) is 10.9. The number of guanidine groups is 1. The fraction of sp³-hybridized carbons (Fsp3) is 0.357. The van der Waals surface area contributed by atoms with Crippen molar-refractivity contribution in [2.45, 2.75) is 20.0 Å². The number of carbonyl (C=O) groups excluding carboxylic acids is 1. The number of methoxy groups -OCH3 is 1. The fourth-order valence-electron chi connectivity index (χ4n) is 1.56. The normalized spacial score (nSPS) is 11.8. The quantitative estimate of drug-likeness (QED) is 0.316. The topological polar surface area (TPSA) is 122 Å². The minimum absolute atomic E-state index is 0.146. The third-order valence-electron chi connectivity index (χ3n) is 2.58. The number of rotatable bonds is 7. The van der Waals surface area contributed by atoms with Crippen LogP contribution >= 0.6 is 15.9 Å². The molecule has 1 rings (SSSR count). The average molecular weight is 387 g/mol. The lowest BCUT2D eigenvalue weighted by molar-refractivity contribution is -0.150. The lowest BCUT2D eigenvalue weighted by Gasteiger charge is -2.16. The van der Waals surface area contributed by atoms with E-state index in [4.69, 9.17) is 25.7 Å². The summed E-state index contributed by atoms with van der Waals surface area (Å²) in [7, 11) is 1.49. The highest BCUT2D eigenvalue weighted by Crippen LogP contribution is 2.33. The third-order valence-corrected chi connectivity index (χ3v) is 3.26. The first-order valence-corrected chi connectivity index (χ1v) is 7.51. The molecule has 1 unspecified atom stereocenters. The molecule has 0 radical (unpaired) electrons. The largest absolute Gasteiger partial charge is 0.493 e. The summed E-state index contributed by atoms with van der Waals surface area (Å²) in [5.74, 6) is 0.214. The predicted molar refractivity (Wildman–Crippen MR) is 90.8 cm³/mol. The highest BCUT2D eigenvalue weighted by Gasteiger charge is 2.19. The maximum absolute atomic E-state index is 11.6. The van der Waals surface area contributed by atoms with Gasteiger partial charge in [-0.2, -0.15) is 5.10 Å². The molecule has 126 valence electrons. The van der Waals surface area contributed by atoms with E-state index < -0.39 is 12.1 Å². The first-order valence-electron chi connectivity index (χ1n) is 6.71. The Morgan fingerprint density at radius 2 is 2.09 bits per heavy atom. The second-order valence-corrected chi connectivity index (χ2v) is 5.16. The van der Waals surface area contributed by atoms with Crippen LogP contribution in [0.5, 0.6) is 11.5 Å². The van der Waals surface area contributed by atoms with Crippen LogP contribution in [0.4, 0.5) is 0 Å². The Hall–Kier alpha value is -2.29. The summed E-state index contributed by atoms with van der Waals surface area (Å²) < 4.78 is 16.4. The number of hydrogen-bond donors (Lipinski definition) is 2. The molecule has 1 atom stereocenters. The molecular formula is C14H19BrN4O4. The maximum atomic E-state index is 11.6. The van der Waals surface area contributed by atoms with Crippen LogP contribution in [0.15, 0.2) is 26.8 Å². The van der Waals surface area contributed by atoms with E-state index in [2.05, 4.69) is 26.1 Å². The summed E-state index contributed by atoms with van der Waals surface area (Å²) in [4.78, 5) is 11.6. The predicted octanol–water partition coefficient (Wildman–Crippen LogP) is 1.40. The van der Waals surface area contributed by atoms with Crippen molar-refractivity contribution in [1.29, 1.82) is 0 Å². The minimum atomic E-state index is -0.767. The van der Waals surface area contributed by atoms with Crippen LogP contribution in [0.3, 0.4) is 0 Å². The van der Waals surface area contributed by atoms with Crippen LogP contribution in [0.1, 0.15) is 19.4 Å². The van der Waals surface area contributed by atoms with E-state index in [9.17, 15) is 4.79 Å². The van der Waals surface area contributed by atoms with Crippen LogP contribution in [0, 0.1) is 0 Å². The fourth-order valence-corrected chi connectivity index (χ4v) is 1.98. The van der Waals surface area contributed by atoms with Gasteiger partial charge in [-0.15, -0.1) is 5.10 Å². The van der Waals surface area contributed by atoms with Gasteiger partial charge < -0.3 is 25.7 Å². The molecule has 0 amide bonds. The molecule has 0 spiro atoms. The zero-order valence-corrected chi connectivity index (χ0v) is 14.7. The second kappa shape index (κ2) is 8.99. The van der Waals surface area contributed by atoms with Gasteiger partial charge in [0.05, 0.1) is 19.9 Å². The minimum Gasteiger partial charge on any atom is -0.493 e. The van der Waals surface area contributed by atoms with Gasteiger partial charge in [0.25, 0.3) is 0 Å². The van der Waals surface area contributed by atoms with Gasteiger partial charge in [0.1, 0.15) is 0 Å². The molecule has 0 aliphatic carbocycles. The molecule has 0 aromatic heterocycles. The Kier molecular flexibility index (Phi) is 7.33. The average Bonchev–Trinajstić information content (AvgIpc) is 2.49. The summed E-state index contributed by atoms with van der Waals surface area (Å²) >= 11 is 3.38. The molecule has 4 N–H and O–H groups in total. The summed E-state index contributed by atoms with van der Waals surface area (Å²) in [5, 5.41) is 7.25. The Bertz CT molecular complexity index is 615. The molecule has 0 aliphatic heterocycles. The van der Waals surface area contributed by atoms with Crippen molar-refractivity contribution < 1.29 is 19.0 Å². The van der Waals surface area contributed by atoms with Crippen LogP contribution < -0.4 is 20.9 Å². The molecule has 8 nitrogen and oxygen atoms in total. The van der Waals surface area contributed by atoms with Crippen molar-refractivity contribution in [2.24, 2.45) is 21.7 Å². The zero-order valence-electron chi connectivity index (χ0n) is 13.1. The lowest BCUT2D eigenvalue weighted by Crippen LogP contribution is -2.26. The Labute approximate surface area is 142 Å². The van der Waals surface area contributed by atoms with E-state index in [-0.39, 0.29) is 12.6 Å². The maximum Gasteiger partial charge on any atom is 0.347 e. The number of nitrogens with two attached hydrogens (primary N) is 2. The summed E-state index contributed by atoms with van der Waals surface area (Å²) in [6, 6.07) is 3.33. The molecule has 9 heteroatoms. The molecule has 1 aromatic rings. The van der Waals surface area contributed by atoms with Crippen molar-refractivity contribution in [3.05, 3.63) is 22.2 Å². The van der Waals surface area contributed by atoms with Crippen molar-refractivity contribution >= 4 is 34.1 Å². The zero-order chi connectivity index (χ0) is 17.4. The molecule has 23 heavy (non-hydrogen) atoms. The van der Waals surface area contributed by atoms with E-state index in [0.29, 0.717) is 21.5 Å². The van der Waals surface area contributed by atoms with Crippen LogP contribution in [-0.4, -0.2) is 38.0 Å². The van der Waals surface area contributed by atoms with Gasteiger partial charge in [-0.1, -0.05) is 0 Å². The number of ether oxygens (including phenoxy) is 3. The van der Waals surface area contributed by atoms with Gasteiger partial charge in [-0.05, 0) is 41.9 Å². The summed E-state index contributed by atoms with van der Waals surface area (Å²) in [6.45, 7) is 3.61. The molecule has 0 saturated heterocycles. The van der Waals surface area contributed by atoms with Crippen molar-refractivity contribution in [2.75, 3.05) is 13.7 Å². The Morgan fingerprint density at radius 3 is 2.65 bits per heavy atom. The van der Waals surface area contributed by atoms with Gasteiger partial charge in [-0.25, -0.2) is 4.79 Å². The van der Waals surface area contributed by atoms with Crippen LogP contribution in [0.2, 0.25) is 0 Å².